The normalized spacial score (nSPS) is 27.9. The van der Waals surface area contributed by atoms with Gasteiger partial charge in [-0.3, -0.25) is 0 Å². The van der Waals surface area contributed by atoms with Crippen molar-refractivity contribution >= 4 is 5.90 Å². The lowest BCUT2D eigenvalue weighted by Crippen LogP contribution is -2.24. The summed E-state index contributed by atoms with van der Waals surface area (Å²) in [6.45, 7) is 1.84. The zero-order valence-corrected chi connectivity index (χ0v) is 9.93. The van der Waals surface area contributed by atoms with Crippen LogP contribution in [0.1, 0.15) is 30.9 Å². The van der Waals surface area contributed by atoms with Gasteiger partial charge in [0, 0.05) is 12.5 Å². The van der Waals surface area contributed by atoms with Gasteiger partial charge in [0.15, 0.2) is 5.90 Å². The van der Waals surface area contributed by atoms with Crippen molar-refractivity contribution in [1.82, 2.24) is 5.32 Å². The van der Waals surface area contributed by atoms with E-state index in [1.807, 2.05) is 6.07 Å². The van der Waals surface area contributed by atoms with Crippen LogP contribution in [0.15, 0.2) is 35.3 Å². The van der Waals surface area contributed by atoms with Gasteiger partial charge >= 0.3 is 0 Å². The Hall–Kier alpha value is -1.35. The van der Waals surface area contributed by atoms with Crippen LogP contribution in [0.2, 0.25) is 0 Å². The third kappa shape index (κ3) is 2.50. The maximum atomic E-state index is 5.69. The van der Waals surface area contributed by atoms with Crippen LogP contribution in [-0.2, 0) is 4.74 Å². The molecular weight excluding hydrogens is 212 g/mol. The molecule has 1 aromatic carbocycles. The number of nitrogens with zero attached hydrogens (tertiary/aromatic N) is 1. The maximum absolute atomic E-state index is 5.69. The fourth-order valence-corrected chi connectivity index (χ4v) is 2.52. The van der Waals surface area contributed by atoms with Crippen LogP contribution >= 0.6 is 0 Å². The first-order valence-electron chi connectivity index (χ1n) is 6.39. The molecule has 2 aliphatic heterocycles. The Morgan fingerprint density at radius 1 is 1.29 bits per heavy atom. The molecule has 3 rings (SSSR count). The number of ether oxygens (including phenoxy) is 1. The first kappa shape index (κ1) is 10.8. The number of benzene rings is 1. The van der Waals surface area contributed by atoms with Crippen molar-refractivity contribution in [1.29, 1.82) is 0 Å². The molecule has 3 nitrogen and oxygen atoms in total. The van der Waals surface area contributed by atoms with Crippen molar-refractivity contribution in [2.45, 2.75) is 31.3 Å². The molecule has 0 aromatic heterocycles. The van der Waals surface area contributed by atoms with Crippen LogP contribution in [0.25, 0.3) is 0 Å². The minimum atomic E-state index is 0.201. The van der Waals surface area contributed by atoms with Gasteiger partial charge in [-0.2, -0.15) is 0 Å². The van der Waals surface area contributed by atoms with Crippen molar-refractivity contribution in [3.63, 3.8) is 0 Å². The van der Waals surface area contributed by atoms with E-state index in [2.05, 4.69) is 34.6 Å². The first-order valence-corrected chi connectivity index (χ1v) is 6.39. The Labute approximate surface area is 102 Å². The number of hydrogen-bond donors (Lipinski definition) is 1. The average Bonchev–Trinajstić information content (AvgIpc) is 3.02. The molecule has 2 heterocycles. The molecule has 90 valence electrons. The molecule has 1 N–H and O–H groups in total. The summed E-state index contributed by atoms with van der Waals surface area (Å²) in [7, 11) is 0. The molecule has 0 amide bonds. The summed E-state index contributed by atoms with van der Waals surface area (Å²) in [6.07, 6.45) is 3.47. The third-order valence-electron chi connectivity index (χ3n) is 3.48. The molecule has 2 aliphatic rings. The summed E-state index contributed by atoms with van der Waals surface area (Å²) in [5, 5.41) is 3.48. The molecule has 0 bridgehead atoms. The lowest BCUT2D eigenvalue weighted by atomic mass is 10.1. The van der Waals surface area contributed by atoms with Crippen LogP contribution in [0.5, 0.6) is 0 Å². The first-order chi connectivity index (χ1) is 8.42. The van der Waals surface area contributed by atoms with Gasteiger partial charge in [0.2, 0.25) is 0 Å². The van der Waals surface area contributed by atoms with E-state index < -0.39 is 0 Å². The van der Waals surface area contributed by atoms with Gasteiger partial charge in [-0.25, -0.2) is 4.99 Å². The van der Waals surface area contributed by atoms with Crippen LogP contribution in [0.3, 0.4) is 0 Å². The van der Waals surface area contributed by atoms with Gasteiger partial charge in [0.05, 0.1) is 0 Å². The molecule has 1 fully saturated rings. The van der Waals surface area contributed by atoms with Crippen molar-refractivity contribution in [3.05, 3.63) is 35.9 Å². The van der Waals surface area contributed by atoms with Crippen LogP contribution in [0.4, 0.5) is 0 Å². The van der Waals surface area contributed by atoms with Gasteiger partial charge in [0.25, 0.3) is 0 Å². The van der Waals surface area contributed by atoms with E-state index in [0.29, 0.717) is 12.6 Å². The smallest absolute Gasteiger partial charge is 0.185 e. The number of hydrogen-bond acceptors (Lipinski definition) is 3. The Morgan fingerprint density at radius 2 is 2.18 bits per heavy atom. The molecule has 1 aromatic rings. The Bertz CT molecular complexity index is 396. The molecule has 1 saturated heterocycles. The molecule has 3 heteroatoms. The Balaban J connectivity index is 1.64. The Morgan fingerprint density at radius 3 is 2.94 bits per heavy atom. The predicted molar refractivity (Wildman–Crippen MR) is 68.2 cm³/mol. The summed E-state index contributed by atoms with van der Waals surface area (Å²) in [5.41, 5.74) is 1.25. The molecule has 2 unspecified atom stereocenters. The van der Waals surface area contributed by atoms with Crippen molar-refractivity contribution in [3.8, 4) is 0 Å². The third-order valence-corrected chi connectivity index (χ3v) is 3.48. The summed E-state index contributed by atoms with van der Waals surface area (Å²) in [5.74, 6) is 0.929. The van der Waals surface area contributed by atoms with E-state index in [0.717, 1.165) is 18.9 Å². The lowest BCUT2D eigenvalue weighted by Gasteiger charge is -2.08. The van der Waals surface area contributed by atoms with Gasteiger partial charge in [-0.1, -0.05) is 30.3 Å². The fourth-order valence-electron chi connectivity index (χ4n) is 2.52. The highest BCUT2D eigenvalue weighted by Crippen LogP contribution is 2.24. The van der Waals surface area contributed by atoms with E-state index >= 15 is 0 Å². The summed E-state index contributed by atoms with van der Waals surface area (Å²) >= 11 is 0. The zero-order valence-electron chi connectivity index (χ0n) is 9.93. The number of nitrogens with one attached hydrogen (secondary N) is 1. The van der Waals surface area contributed by atoms with Crippen molar-refractivity contribution in [2.24, 2.45) is 4.99 Å². The van der Waals surface area contributed by atoms with E-state index in [1.54, 1.807) is 0 Å². The highest BCUT2D eigenvalue weighted by molar-refractivity contribution is 5.78. The van der Waals surface area contributed by atoms with Gasteiger partial charge in [-0.15, -0.1) is 0 Å². The SMILES string of the molecule is c1ccc(C2COC(CC3CCCN3)=N2)cc1. The van der Waals surface area contributed by atoms with Gasteiger partial charge in [-0.05, 0) is 24.9 Å². The highest BCUT2D eigenvalue weighted by Gasteiger charge is 2.24. The fraction of sp³-hybridized carbons (Fsp3) is 0.500. The van der Waals surface area contributed by atoms with E-state index in [9.17, 15) is 0 Å². The predicted octanol–water partition coefficient (Wildman–Crippen LogP) is 2.30. The van der Waals surface area contributed by atoms with Crippen LogP contribution in [0, 0.1) is 0 Å². The molecule has 0 radical (unpaired) electrons. The second-order valence-electron chi connectivity index (χ2n) is 4.76. The lowest BCUT2D eigenvalue weighted by molar-refractivity contribution is 0.308. The Kier molecular flexibility index (Phi) is 3.10. The minimum absolute atomic E-state index is 0.201. The number of rotatable bonds is 3. The topological polar surface area (TPSA) is 33.6 Å². The van der Waals surface area contributed by atoms with Crippen molar-refractivity contribution < 1.29 is 4.74 Å². The van der Waals surface area contributed by atoms with Crippen molar-refractivity contribution in [2.75, 3.05) is 13.2 Å². The average molecular weight is 230 g/mol. The second kappa shape index (κ2) is 4.88. The summed E-state index contributed by atoms with van der Waals surface area (Å²) in [6, 6.07) is 11.2. The molecular formula is C14H18N2O. The molecule has 0 saturated carbocycles. The molecule has 17 heavy (non-hydrogen) atoms. The van der Waals surface area contributed by atoms with Crippen LogP contribution in [-0.4, -0.2) is 25.1 Å². The standard InChI is InChI=1S/C14H18N2O/c1-2-5-11(6-3-1)13-10-17-14(16-13)9-12-7-4-8-15-12/h1-3,5-6,12-13,15H,4,7-10H2. The summed E-state index contributed by atoms with van der Waals surface area (Å²) in [4.78, 5) is 4.68. The molecule has 0 spiro atoms. The number of aliphatic imine (C=N–C) groups is 1. The van der Waals surface area contributed by atoms with E-state index in [-0.39, 0.29) is 6.04 Å². The largest absolute Gasteiger partial charge is 0.478 e. The van der Waals surface area contributed by atoms with E-state index in [1.165, 1.54) is 18.4 Å². The van der Waals surface area contributed by atoms with Crippen LogP contribution < -0.4 is 5.32 Å². The van der Waals surface area contributed by atoms with Gasteiger partial charge < -0.3 is 10.1 Å². The quantitative estimate of drug-likeness (QED) is 0.864. The maximum Gasteiger partial charge on any atom is 0.185 e. The summed E-state index contributed by atoms with van der Waals surface area (Å²) < 4.78 is 5.69. The zero-order chi connectivity index (χ0) is 11.5. The highest BCUT2D eigenvalue weighted by atomic mass is 16.5. The van der Waals surface area contributed by atoms with E-state index in [4.69, 9.17) is 4.74 Å². The monoisotopic (exact) mass is 230 g/mol. The second-order valence-corrected chi connectivity index (χ2v) is 4.76. The molecule has 2 atom stereocenters. The molecule has 0 aliphatic carbocycles. The van der Waals surface area contributed by atoms with Gasteiger partial charge in [0.1, 0.15) is 12.6 Å². The minimum Gasteiger partial charge on any atom is -0.478 e.